The fourth-order valence-electron chi connectivity index (χ4n) is 1.29. The van der Waals surface area contributed by atoms with Crippen molar-refractivity contribution >= 4 is 5.97 Å². The molecule has 5 nitrogen and oxygen atoms in total. The van der Waals surface area contributed by atoms with Gasteiger partial charge in [0.15, 0.2) is 6.79 Å². The summed E-state index contributed by atoms with van der Waals surface area (Å²) in [6.07, 6.45) is 0.152. The fraction of sp³-hybridized carbons (Fsp3) is 0.417. The van der Waals surface area contributed by atoms with Gasteiger partial charge in [0.05, 0.1) is 20.6 Å². The normalized spacial score (nSPS) is 9.82. The smallest absolute Gasteiger partial charge is 0.310 e. The predicted octanol–water partition coefficient (Wildman–Crippen LogP) is 1.39. The van der Waals surface area contributed by atoms with E-state index in [1.54, 1.807) is 25.3 Å². The van der Waals surface area contributed by atoms with Crippen LogP contribution >= 0.6 is 0 Å². The molecule has 0 aliphatic rings. The minimum Gasteiger partial charge on any atom is -0.497 e. The molecule has 0 amide bonds. The van der Waals surface area contributed by atoms with Crippen LogP contribution in [-0.2, 0) is 20.7 Å². The zero-order valence-corrected chi connectivity index (χ0v) is 10.2. The van der Waals surface area contributed by atoms with Crippen molar-refractivity contribution in [2.75, 3.05) is 28.1 Å². The van der Waals surface area contributed by atoms with Crippen LogP contribution in [0.4, 0.5) is 0 Å². The molecule has 94 valence electrons. The lowest BCUT2D eigenvalue weighted by molar-refractivity contribution is -0.139. The van der Waals surface area contributed by atoms with Crippen molar-refractivity contribution in [1.82, 2.24) is 0 Å². The first-order chi connectivity index (χ1) is 8.21. The van der Waals surface area contributed by atoms with Crippen molar-refractivity contribution in [3.63, 3.8) is 0 Å². The number of esters is 1. The third-order valence-corrected chi connectivity index (χ3v) is 2.17. The molecular formula is C12H16O5. The second-order valence-electron chi connectivity index (χ2n) is 3.28. The van der Waals surface area contributed by atoms with E-state index in [0.717, 1.165) is 5.56 Å². The molecule has 0 radical (unpaired) electrons. The molecule has 0 bridgehead atoms. The molecule has 1 aromatic rings. The number of hydrogen-bond acceptors (Lipinski definition) is 5. The number of rotatable bonds is 6. The number of carbonyl (C=O) groups is 1. The zero-order chi connectivity index (χ0) is 12.7. The first kappa shape index (κ1) is 13.3. The maximum atomic E-state index is 11.2. The van der Waals surface area contributed by atoms with Crippen LogP contribution in [0.2, 0.25) is 0 Å². The monoisotopic (exact) mass is 240 g/mol. The summed E-state index contributed by atoms with van der Waals surface area (Å²) in [6, 6.07) is 5.23. The molecule has 0 N–H and O–H groups in total. The van der Waals surface area contributed by atoms with Crippen LogP contribution < -0.4 is 9.47 Å². The van der Waals surface area contributed by atoms with E-state index in [1.807, 2.05) is 0 Å². The number of ether oxygens (including phenoxy) is 4. The van der Waals surface area contributed by atoms with E-state index in [4.69, 9.17) is 14.2 Å². The molecule has 0 aliphatic carbocycles. The molecule has 0 spiro atoms. The minimum atomic E-state index is -0.322. The van der Waals surface area contributed by atoms with E-state index in [1.165, 1.54) is 14.2 Å². The summed E-state index contributed by atoms with van der Waals surface area (Å²) in [4.78, 5) is 11.2. The Hall–Kier alpha value is -1.75. The molecule has 0 fully saturated rings. The van der Waals surface area contributed by atoms with Gasteiger partial charge in [0.25, 0.3) is 0 Å². The van der Waals surface area contributed by atoms with E-state index in [0.29, 0.717) is 11.5 Å². The van der Waals surface area contributed by atoms with Crippen molar-refractivity contribution in [1.29, 1.82) is 0 Å². The second kappa shape index (κ2) is 6.75. The number of methoxy groups -OCH3 is 3. The molecule has 0 aliphatic heterocycles. The minimum absolute atomic E-state index is 0.112. The number of carbonyl (C=O) groups excluding carboxylic acids is 1. The molecule has 5 heteroatoms. The van der Waals surface area contributed by atoms with Crippen molar-refractivity contribution in [3.05, 3.63) is 23.8 Å². The van der Waals surface area contributed by atoms with Gasteiger partial charge in [0.2, 0.25) is 0 Å². The van der Waals surface area contributed by atoms with E-state index in [-0.39, 0.29) is 19.2 Å². The van der Waals surface area contributed by atoms with Crippen molar-refractivity contribution in [2.24, 2.45) is 0 Å². The Bertz CT molecular complexity index is 375. The van der Waals surface area contributed by atoms with Crippen LogP contribution in [0.1, 0.15) is 5.56 Å². The van der Waals surface area contributed by atoms with Crippen molar-refractivity contribution in [2.45, 2.75) is 6.42 Å². The third-order valence-electron chi connectivity index (χ3n) is 2.17. The summed E-state index contributed by atoms with van der Waals surface area (Å²) >= 11 is 0. The van der Waals surface area contributed by atoms with Gasteiger partial charge in [-0.25, -0.2) is 0 Å². The van der Waals surface area contributed by atoms with Crippen molar-refractivity contribution in [3.8, 4) is 11.5 Å². The Morgan fingerprint density at radius 2 is 2.00 bits per heavy atom. The Morgan fingerprint density at radius 1 is 1.24 bits per heavy atom. The number of benzene rings is 1. The Labute approximate surface area is 100 Å². The predicted molar refractivity (Wildman–Crippen MR) is 61.2 cm³/mol. The zero-order valence-electron chi connectivity index (χ0n) is 10.2. The van der Waals surface area contributed by atoms with Crippen LogP contribution in [-0.4, -0.2) is 34.1 Å². The van der Waals surface area contributed by atoms with E-state index in [9.17, 15) is 4.79 Å². The van der Waals surface area contributed by atoms with Gasteiger partial charge in [-0.3, -0.25) is 4.79 Å². The summed E-state index contributed by atoms with van der Waals surface area (Å²) in [5, 5.41) is 0. The van der Waals surface area contributed by atoms with E-state index >= 15 is 0 Å². The quantitative estimate of drug-likeness (QED) is 0.555. The molecule has 0 aromatic heterocycles. The van der Waals surface area contributed by atoms with Crippen LogP contribution in [0.25, 0.3) is 0 Å². The average Bonchev–Trinajstić information content (AvgIpc) is 2.37. The first-order valence-electron chi connectivity index (χ1n) is 5.06. The highest BCUT2D eigenvalue weighted by molar-refractivity contribution is 5.73. The molecule has 1 rings (SSSR count). The van der Waals surface area contributed by atoms with Gasteiger partial charge in [0.1, 0.15) is 11.5 Å². The SMILES string of the molecule is COCOc1cc(OC)ccc1CC(=O)OC. The Morgan fingerprint density at radius 3 is 2.59 bits per heavy atom. The summed E-state index contributed by atoms with van der Waals surface area (Å²) in [5.74, 6) is 0.888. The van der Waals surface area contributed by atoms with Gasteiger partial charge in [-0.15, -0.1) is 0 Å². The van der Waals surface area contributed by atoms with Gasteiger partial charge < -0.3 is 18.9 Å². The second-order valence-corrected chi connectivity index (χ2v) is 3.28. The van der Waals surface area contributed by atoms with Gasteiger partial charge in [0, 0.05) is 18.7 Å². The summed E-state index contributed by atoms with van der Waals surface area (Å²) < 4.78 is 19.9. The molecule has 0 heterocycles. The lowest BCUT2D eigenvalue weighted by Crippen LogP contribution is -2.08. The van der Waals surface area contributed by atoms with Crippen LogP contribution in [0.15, 0.2) is 18.2 Å². The summed E-state index contributed by atoms with van der Waals surface area (Å²) in [5.41, 5.74) is 0.731. The first-order valence-corrected chi connectivity index (χ1v) is 5.06. The maximum Gasteiger partial charge on any atom is 0.310 e. The van der Waals surface area contributed by atoms with Crippen molar-refractivity contribution < 1.29 is 23.7 Å². The third kappa shape index (κ3) is 3.96. The highest BCUT2D eigenvalue weighted by Gasteiger charge is 2.10. The Kier molecular flexibility index (Phi) is 5.29. The van der Waals surface area contributed by atoms with Crippen LogP contribution in [0.5, 0.6) is 11.5 Å². The summed E-state index contributed by atoms with van der Waals surface area (Å²) in [7, 11) is 4.44. The van der Waals surface area contributed by atoms with Gasteiger partial charge >= 0.3 is 5.97 Å². The lowest BCUT2D eigenvalue weighted by Gasteiger charge is -2.11. The molecular weight excluding hydrogens is 224 g/mol. The fourth-order valence-corrected chi connectivity index (χ4v) is 1.29. The maximum absolute atomic E-state index is 11.2. The highest BCUT2D eigenvalue weighted by Crippen LogP contribution is 2.25. The van der Waals surface area contributed by atoms with Gasteiger partial charge in [-0.05, 0) is 6.07 Å². The lowest BCUT2D eigenvalue weighted by atomic mass is 10.1. The topological polar surface area (TPSA) is 54.0 Å². The van der Waals surface area contributed by atoms with Gasteiger partial charge in [-0.2, -0.15) is 0 Å². The standard InChI is InChI=1S/C12H16O5/c1-14-8-17-11-7-10(15-2)5-4-9(11)6-12(13)16-3/h4-5,7H,6,8H2,1-3H3. The molecule has 17 heavy (non-hydrogen) atoms. The molecule has 0 saturated carbocycles. The number of hydrogen-bond donors (Lipinski definition) is 0. The van der Waals surface area contributed by atoms with Crippen LogP contribution in [0.3, 0.4) is 0 Å². The largest absolute Gasteiger partial charge is 0.497 e. The van der Waals surface area contributed by atoms with Gasteiger partial charge in [-0.1, -0.05) is 6.07 Å². The summed E-state index contributed by atoms with van der Waals surface area (Å²) in [6.45, 7) is 0.112. The molecule has 0 saturated heterocycles. The van der Waals surface area contributed by atoms with E-state index < -0.39 is 0 Å². The highest BCUT2D eigenvalue weighted by atomic mass is 16.7. The molecule has 1 aromatic carbocycles. The van der Waals surface area contributed by atoms with Crippen LogP contribution in [0, 0.1) is 0 Å². The molecule has 0 atom stereocenters. The molecule has 0 unspecified atom stereocenters. The Balaban J connectivity index is 2.89. The average molecular weight is 240 g/mol. The van der Waals surface area contributed by atoms with E-state index in [2.05, 4.69) is 4.74 Å².